The Kier molecular flexibility index (Phi) is 3.84. The molecule has 4 rings (SSSR count). The van der Waals surface area contributed by atoms with E-state index >= 15 is 0 Å². The average molecular weight is 346 g/mol. The highest BCUT2D eigenvalue weighted by molar-refractivity contribution is 5.73. The zero-order valence-corrected chi connectivity index (χ0v) is 13.3. The maximum atomic E-state index is 14.8. The van der Waals surface area contributed by atoms with Crippen molar-refractivity contribution in [3.63, 3.8) is 0 Å². The second-order valence-electron chi connectivity index (χ2n) is 6.02. The van der Waals surface area contributed by atoms with Crippen molar-refractivity contribution in [1.82, 2.24) is 19.7 Å². The molecule has 1 aliphatic heterocycles. The molecular formula is C17H16F2N4O2. The smallest absolute Gasteiger partial charge is 0.330 e. The summed E-state index contributed by atoms with van der Waals surface area (Å²) in [7, 11) is 0. The van der Waals surface area contributed by atoms with Gasteiger partial charge in [-0.25, -0.2) is 9.67 Å². The largest absolute Gasteiger partial charge is 0.381 e. The number of fused-ring (bicyclic) bond motifs is 1. The van der Waals surface area contributed by atoms with Gasteiger partial charge in [-0.3, -0.25) is 4.79 Å². The first-order valence-electron chi connectivity index (χ1n) is 8.06. The molecule has 0 atom stereocenters. The lowest BCUT2D eigenvalue weighted by Gasteiger charge is -2.23. The molecule has 0 spiro atoms. The quantitative estimate of drug-likeness (QED) is 0.791. The first-order chi connectivity index (χ1) is 12.1. The lowest BCUT2D eigenvalue weighted by molar-refractivity contribution is 0.0327. The molecule has 130 valence electrons. The van der Waals surface area contributed by atoms with E-state index in [9.17, 15) is 13.6 Å². The highest BCUT2D eigenvalue weighted by atomic mass is 19.3. The van der Waals surface area contributed by atoms with Crippen LogP contribution in [0.4, 0.5) is 8.78 Å². The van der Waals surface area contributed by atoms with E-state index in [4.69, 9.17) is 4.74 Å². The lowest BCUT2D eigenvalue weighted by atomic mass is 10.1. The molecule has 1 saturated heterocycles. The number of nitrogens with one attached hydrogen (secondary N) is 1. The minimum absolute atomic E-state index is 0.0150. The van der Waals surface area contributed by atoms with Crippen LogP contribution in [0, 0.1) is 0 Å². The number of nitrogens with zero attached hydrogens (tertiary/aromatic N) is 3. The van der Waals surface area contributed by atoms with Crippen LogP contribution < -0.4 is 5.56 Å². The Balaban J connectivity index is 1.84. The molecule has 1 aromatic carbocycles. The molecule has 25 heavy (non-hydrogen) atoms. The number of hydrogen-bond donors (Lipinski definition) is 1. The number of aromatic nitrogens is 4. The van der Waals surface area contributed by atoms with Gasteiger partial charge in [0.15, 0.2) is 11.5 Å². The van der Waals surface area contributed by atoms with E-state index in [2.05, 4.69) is 15.1 Å². The van der Waals surface area contributed by atoms with E-state index in [1.165, 1.54) is 30.5 Å². The van der Waals surface area contributed by atoms with Gasteiger partial charge in [-0.05, 0) is 12.8 Å². The second-order valence-corrected chi connectivity index (χ2v) is 6.02. The molecule has 0 amide bonds. The van der Waals surface area contributed by atoms with Crippen LogP contribution in [-0.2, 0) is 10.7 Å². The summed E-state index contributed by atoms with van der Waals surface area (Å²) in [5, 5.41) is 4.42. The summed E-state index contributed by atoms with van der Waals surface area (Å²) in [6.45, 7) is 1.14. The summed E-state index contributed by atoms with van der Waals surface area (Å²) in [5.41, 5.74) is -0.662. The van der Waals surface area contributed by atoms with Gasteiger partial charge in [0, 0.05) is 18.8 Å². The highest BCUT2D eigenvalue weighted by Crippen LogP contribution is 2.33. The Bertz CT molecular complexity index is 946. The Morgan fingerprint density at radius 2 is 1.92 bits per heavy atom. The van der Waals surface area contributed by atoms with Crippen LogP contribution >= 0.6 is 0 Å². The SMILES string of the molecule is O=c1[nH]c(C(F)(F)c2ccccc2)nc2c1cnn2C1CCOCC1. The zero-order valence-electron chi connectivity index (χ0n) is 13.3. The number of halogens is 2. The molecule has 1 fully saturated rings. The fourth-order valence-electron chi connectivity index (χ4n) is 3.07. The molecule has 0 aliphatic carbocycles. The lowest BCUT2D eigenvalue weighted by Crippen LogP contribution is -2.25. The molecule has 1 N–H and O–H groups in total. The van der Waals surface area contributed by atoms with Gasteiger partial charge in [0.05, 0.1) is 12.2 Å². The second kappa shape index (κ2) is 6.03. The molecule has 0 radical (unpaired) electrons. The molecule has 2 aromatic heterocycles. The van der Waals surface area contributed by atoms with Crippen LogP contribution in [0.25, 0.3) is 11.0 Å². The van der Waals surface area contributed by atoms with Crippen molar-refractivity contribution in [2.45, 2.75) is 24.8 Å². The Hall–Kier alpha value is -2.61. The Morgan fingerprint density at radius 3 is 2.64 bits per heavy atom. The third kappa shape index (κ3) is 2.72. The van der Waals surface area contributed by atoms with Crippen molar-refractivity contribution in [3.8, 4) is 0 Å². The van der Waals surface area contributed by atoms with Crippen LogP contribution in [0.5, 0.6) is 0 Å². The van der Waals surface area contributed by atoms with E-state index in [-0.39, 0.29) is 22.6 Å². The van der Waals surface area contributed by atoms with Gasteiger partial charge in [-0.15, -0.1) is 0 Å². The van der Waals surface area contributed by atoms with Crippen LogP contribution in [0.1, 0.15) is 30.3 Å². The molecule has 1 aliphatic rings. The highest BCUT2D eigenvalue weighted by Gasteiger charge is 2.37. The van der Waals surface area contributed by atoms with Crippen molar-refractivity contribution in [3.05, 3.63) is 58.3 Å². The van der Waals surface area contributed by atoms with E-state index in [1.54, 1.807) is 10.7 Å². The number of aromatic amines is 1. The van der Waals surface area contributed by atoms with Gasteiger partial charge in [0.1, 0.15) is 5.39 Å². The minimum Gasteiger partial charge on any atom is -0.381 e. The molecule has 3 aromatic rings. The van der Waals surface area contributed by atoms with Crippen LogP contribution in [0.3, 0.4) is 0 Å². The van der Waals surface area contributed by atoms with Crippen LogP contribution in [0.2, 0.25) is 0 Å². The standard InChI is InChI=1S/C17H16F2N4O2/c18-17(19,11-4-2-1-3-5-11)16-21-14-13(15(24)22-16)10-20-23(14)12-6-8-25-9-7-12/h1-5,10,12H,6-9H2,(H,21,22,24). The predicted molar refractivity (Wildman–Crippen MR) is 86.7 cm³/mol. The molecule has 8 heteroatoms. The number of rotatable bonds is 3. The van der Waals surface area contributed by atoms with Gasteiger partial charge in [-0.1, -0.05) is 30.3 Å². The summed E-state index contributed by atoms with van der Waals surface area (Å²) >= 11 is 0. The first-order valence-corrected chi connectivity index (χ1v) is 8.06. The molecule has 0 saturated carbocycles. The van der Waals surface area contributed by atoms with E-state index < -0.39 is 17.3 Å². The van der Waals surface area contributed by atoms with Gasteiger partial charge < -0.3 is 9.72 Å². The fraction of sp³-hybridized carbons (Fsp3) is 0.353. The normalized spacial score (nSPS) is 16.4. The van der Waals surface area contributed by atoms with Crippen molar-refractivity contribution in [2.24, 2.45) is 0 Å². The summed E-state index contributed by atoms with van der Waals surface area (Å²) in [5.74, 6) is -4.08. The zero-order chi connectivity index (χ0) is 17.4. The summed E-state index contributed by atoms with van der Waals surface area (Å²) < 4.78 is 36.5. The topological polar surface area (TPSA) is 72.8 Å². The van der Waals surface area contributed by atoms with Crippen molar-refractivity contribution in [1.29, 1.82) is 0 Å². The Morgan fingerprint density at radius 1 is 1.20 bits per heavy atom. The van der Waals surface area contributed by atoms with E-state index in [1.807, 2.05) is 0 Å². The minimum atomic E-state index is -3.40. The number of H-pyrrole nitrogens is 1. The van der Waals surface area contributed by atoms with E-state index in [0.717, 1.165) is 0 Å². The van der Waals surface area contributed by atoms with Gasteiger partial charge in [0.25, 0.3) is 5.56 Å². The summed E-state index contributed by atoms with van der Waals surface area (Å²) in [4.78, 5) is 18.6. The van der Waals surface area contributed by atoms with Crippen LogP contribution in [-0.4, -0.2) is 33.0 Å². The van der Waals surface area contributed by atoms with Crippen molar-refractivity contribution >= 4 is 11.0 Å². The third-order valence-corrected chi connectivity index (χ3v) is 4.43. The van der Waals surface area contributed by atoms with Gasteiger partial charge >= 0.3 is 5.92 Å². The monoisotopic (exact) mass is 346 g/mol. The molecule has 0 bridgehead atoms. The Labute approximate surface area is 141 Å². The fourth-order valence-corrected chi connectivity index (χ4v) is 3.07. The van der Waals surface area contributed by atoms with Crippen molar-refractivity contribution < 1.29 is 13.5 Å². The maximum Gasteiger partial charge on any atom is 0.330 e. The number of hydrogen-bond acceptors (Lipinski definition) is 4. The van der Waals surface area contributed by atoms with Crippen LogP contribution in [0.15, 0.2) is 41.3 Å². The predicted octanol–water partition coefficient (Wildman–Crippen LogP) is 2.61. The maximum absolute atomic E-state index is 14.8. The summed E-state index contributed by atoms with van der Waals surface area (Å²) in [6, 6.07) is 7.29. The van der Waals surface area contributed by atoms with Crippen molar-refractivity contribution in [2.75, 3.05) is 13.2 Å². The number of alkyl halides is 2. The molecule has 0 unspecified atom stereocenters. The van der Waals surface area contributed by atoms with E-state index in [0.29, 0.717) is 26.1 Å². The van der Waals surface area contributed by atoms with Gasteiger partial charge in [-0.2, -0.15) is 13.9 Å². The molecule has 6 nitrogen and oxygen atoms in total. The third-order valence-electron chi connectivity index (χ3n) is 4.43. The molecular weight excluding hydrogens is 330 g/mol. The number of ether oxygens (including phenoxy) is 1. The number of benzene rings is 1. The summed E-state index contributed by atoms with van der Waals surface area (Å²) in [6.07, 6.45) is 2.78. The average Bonchev–Trinajstić information content (AvgIpc) is 3.08. The first kappa shape index (κ1) is 15.9. The molecule has 3 heterocycles. The van der Waals surface area contributed by atoms with Gasteiger partial charge in [0.2, 0.25) is 0 Å².